The number of rotatable bonds is 2. The van der Waals surface area contributed by atoms with Crippen molar-refractivity contribution in [2.75, 3.05) is 19.6 Å². The molecule has 3 heteroatoms. The minimum Gasteiger partial charge on any atom is -0.338 e. The first-order chi connectivity index (χ1) is 6.31. The third-order valence-corrected chi connectivity index (χ3v) is 3.10. The number of nitrogens with zero attached hydrogens (tertiary/aromatic N) is 1. The summed E-state index contributed by atoms with van der Waals surface area (Å²) >= 11 is 0. The molecule has 13 heavy (non-hydrogen) atoms. The van der Waals surface area contributed by atoms with Crippen molar-refractivity contribution in [2.24, 2.45) is 5.92 Å². The highest BCUT2D eigenvalue weighted by Gasteiger charge is 2.36. The molecule has 0 aromatic rings. The van der Waals surface area contributed by atoms with Gasteiger partial charge >= 0.3 is 0 Å². The fraction of sp³-hybridized carbons (Fsp3) is 0.900. The summed E-state index contributed by atoms with van der Waals surface area (Å²) in [6.45, 7) is 5.17. The number of amides is 1. The largest absolute Gasteiger partial charge is 0.338 e. The van der Waals surface area contributed by atoms with Gasteiger partial charge in [-0.05, 0) is 25.3 Å². The van der Waals surface area contributed by atoms with Crippen molar-refractivity contribution in [3.05, 3.63) is 0 Å². The molecule has 0 spiro atoms. The lowest BCUT2D eigenvalue weighted by Gasteiger charge is -2.24. The van der Waals surface area contributed by atoms with E-state index in [2.05, 4.69) is 17.1 Å². The first kappa shape index (κ1) is 9.00. The highest BCUT2D eigenvalue weighted by molar-refractivity contribution is 5.76. The SMILES string of the molecule is CCCC(=O)N1C[C@@H]2CNCC1C2. The molecule has 1 N–H and O–H groups in total. The standard InChI is InChI=1S/C10H18N2O/c1-2-3-10(13)12-7-8-4-9(12)6-11-5-8/h8-9,11H,2-7H2,1H3/t8-,9?/m0/s1. The normalized spacial score (nSPS) is 32.2. The molecule has 0 aliphatic carbocycles. The van der Waals surface area contributed by atoms with E-state index >= 15 is 0 Å². The van der Waals surface area contributed by atoms with E-state index in [0.29, 0.717) is 11.9 Å². The van der Waals surface area contributed by atoms with Gasteiger partial charge in [-0.15, -0.1) is 0 Å². The molecule has 2 heterocycles. The molecule has 74 valence electrons. The Balaban J connectivity index is 1.96. The zero-order valence-corrected chi connectivity index (χ0v) is 8.25. The Bertz CT molecular complexity index is 205. The molecule has 0 aromatic heterocycles. The van der Waals surface area contributed by atoms with E-state index in [1.165, 1.54) is 6.42 Å². The predicted octanol–water partition coefficient (Wildman–Crippen LogP) is 0.607. The van der Waals surface area contributed by atoms with Crippen LogP contribution in [-0.4, -0.2) is 36.5 Å². The zero-order valence-electron chi connectivity index (χ0n) is 8.25. The molecule has 0 saturated carbocycles. The van der Waals surface area contributed by atoms with Gasteiger partial charge in [0.25, 0.3) is 0 Å². The number of hydrogen-bond acceptors (Lipinski definition) is 2. The van der Waals surface area contributed by atoms with Crippen molar-refractivity contribution >= 4 is 5.91 Å². The molecule has 2 saturated heterocycles. The quantitative estimate of drug-likeness (QED) is 0.678. The average molecular weight is 182 g/mol. The molecular weight excluding hydrogens is 164 g/mol. The number of likely N-dealkylation sites (tertiary alicyclic amines) is 1. The summed E-state index contributed by atoms with van der Waals surface area (Å²) in [4.78, 5) is 13.8. The topological polar surface area (TPSA) is 32.3 Å². The van der Waals surface area contributed by atoms with Crippen LogP contribution < -0.4 is 5.32 Å². The van der Waals surface area contributed by atoms with Crippen molar-refractivity contribution in [1.29, 1.82) is 0 Å². The van der Waals surface area contributed by atoms with Crippen molar-refractivity contribution in [2.45, 2.75) is 32.2 Å². The van der Waals surface area contributed by atoms with Gasteiger partial charge in [-0.3, -0.25) is 4.79 Å². The van der Waals surface area contributed by atoms with E-state index in [4.69, 9.17) is 0 Å². The average Bonchev–Trinajstić information content (AvgIpc) is 2.42. The highest BCUT2D eigenvalue weighted by atomic mass is 16.2. The summed E-state index contributed by atoms with van der Waals surface area (Å²) in [7, 11) is 0. The van der Waals surface area contributed by atoms with Gasteiger partial charge in [0.1, 0.15) is 0 Å². The second-order valence-corrected chi connectivity index (χ2v) is 4.21. The maximum absolute atomic E-state index is 11.7. The molecule has 2 rings (SSSR count). The van der Waals surface area contributed by atoms with E-state index in [1.54, 1.807) is 0 Å². The summed E-state index contributed by atoms with van der Waals surface area (Å²) in [5.74, 6) is 1.08. The second-order valence-electron chi connectivity index (χ2n) is 4.21. The lowest BCUT2D eigenvalue weighted by molar-refractivity contribution is -0.131. The van der Waals surface area contributed by atoms with E-state index in [0.717, 1.165) is 38.4 Å². The van der Waals surface area contributed by atoms with Crippen LogP contribution in [0, 0.1) is 5.92 Å². The number of carbonyl (C=O) groups is 1. The van der Waals surface area contributed by atoms with Crippen LogP contribution in [0.1, 0.15) is 26.2 Å². The summed E-state index contributed by atoms with van der Waals surface area (Å²) in [5, 5.41) is 3.38. The third kappa shape index (κ3) is 1.70. The Morgan fingerprint density at radius 3 is 3.08 bits per heavy atom. The molecule has 0 radical (unpaired) electrons. The smallest absolute Gasteiger partial charge is 0.222 e. The monoisotopic (exact) mass is 182 g/mol. The Morgan fingerprint density at radius 2 is 2.38 bits per heavy atom. The summed E-state index contributed by atoms with van der Waals surface area (Å²) in [5.41, 5.74) is 0. The Kier molecular flexibility index (Phi) is 2.54. The van der Waals surface area contributed by atoms with Crippen molar-refractivity contribution in [3.8, 4) is 0 Å². The summed E-state index contributed by atoms with van der Waals surface area (Å²) < 4.78 is 0. The zero-order chi connectivity index (χ0) is 9.26. The maximum Gasteiger partial charge on any atom is 0.222 e. The molecular formula is C10H18N2O. The molecule has 2 bridgehead atoms. The lowest BCUT2D eigenvalue weighted by atomic mass is 10.0. The highest BCUT2D eigenvalue weighted by Crippen LogP contribution is 2.26. The molecule has 1 unspecified atom stereocenters. The second kappa shape index (κ2) is 3.66. The van der Waals surface area contributed by atoms with Crippen molar-refractivity contribution in [1.82, 2.24) is 10.2 Å². The Morgan fingerprint density at radius 1 is 1.54 bits per heavy atom. The van der Waals surface area contributed by atoms with Gasteiger partial charge in [-0.1, -0.05) is 6.92 Å². The first-order valence-corrected chi connectivity index (χ1v) is 5.31. The molecule has 0 aromatic carbocycles. The van der Waals surface area contributed by atoms with Crippen LogP contribution in [0.3, 0.4) is 0 Å². The first-order valence-electron chi connectivity index (χ1n) is 5.31. The van der Waals surface area contributed by atoms with Gasteiger partial charge in [-0.2, -0.15) is 0 Å². The van der Waals surface area contributed by atoms with E-state index < -0.39 is 0 Å². The van der Waals surface area contributed by atoms with E-state index in [-0.39, 0.29) is 0 Å². The van der Waals surface area contributed by atoms with Gasteiger partial charge in [-0.25, -0.2) is 0 Å². The number of fused-ring (bicyclic) bond motifs is 2. The number of hydrogen-bond donors (Lipinski definition) is 1. The van der Waals surface area contributed by atoms with Crippen LogP contribution >= 0.6 is 0 Å². The fourth-order valence-corrected chi connectivity index (χ4v) is 2.47. The Labute approximate surface area is 79.5 Å². The number of piperidine rings is 1. The maximum atomic E-state index is 11.7. The number of carbonyl (C=O) groups excluding carboxylic acids is 1. The number of nitrogens with one attached hydrogen (secondary N) is 1. The van der Waals surface area contributed by atoms with Gasteiger partial charge in [0.2, 0.25) is 5.91 Å². The van der Waals surface area contributed by atoms with Crippen LogP contribution in [0.4, 0.5) is 0 Å². The van der Waals surface area contributed by atoms with Crippen LogP contribution in [-0.2, 0) is 4.79 Å². The lowest BCUT2D eigenvalue weighted by Crippen LogP contribution is -2.41. The summed E-state index contributed by atoms with van der Waals surface area (Å²) in [6.07, 6.45) is 2.92. The molecule has 3 nitrogen and oxygen atoms in total. The molecule has 2 atom stereocenters. The van der Waals surface area contributed by atoms with Crippen LogP contribution in [0.5, 0.6) is 0 Å². The van der Waals surface area contributed by atoms with Gasteiger partial charge in [0, 0.05) is 25.6 Å². The fourth-order valence-electron chi connectivity index (χ4n) is 2.47. The third-order valence-electron chi connectivity index (χ3n) is 3.10. The Hall–Kier alpha value is -0.570. The van der Waals surface area contributed by atoms with Gasteiger partial charge < -0.3 is 10.2 Å². The van der Waals surface area contributed by atoms with Crippen LogP contribution in [0.15, 0.2) is 0 Å². The minimum atomic E-state index is 0.360. The van der Waals surface area contributed by atoms with E-state index in [1.807, 2.05) is 0 Å². The van der Waals surface area contributed by atoms with Crippen molar-refractivity contribution in [3.63, 3.8) is 0 Å². The van der Waals surface area contributed by atoms with E-state index in [9.17, 15) is 4.79 Å². The summed E-state index contributed by atoms with van der Waals surface area (Å²) in [6, 6.07) is 0.498. The van der Waals surface area contributed by atoms with Crippen LogP contribution in [0.2, 0.25) is 0 Å². The molecule has 2 fully saturated rings. The molecule has 2 aliphatic heterocycles. The predicted molar refractivity (Wildman–Crippen MR) is 51.4 cm³/mol. The minimum absolute atomic E-state index is 0.360. The molecule has 1 amide bonds. The van der Waals surface area contributed by atoms with Crippen LogP contribution in [0.25, 0.3) is 0 Å². The van der Waals surface area contributed by atoms with Gasteiger partial charge in [0.15, 0.2) is 0 Å². The molecule has 2 aliphatic rings. The van der Waals surface area contributed by atoms with Crippen molar-refractivity contribution < 1.29 is 4.79 Å². The van der Waals surface area contributed by atoms with Gasteiger partial charge in [0.05, 0.1) is 0 Å².